The molecule has 5 rings (SSSR count). The van der Waals surface area contributed by atoms with Gasteiger partial charge in [-0.1, -0.05) is 54.1 Å². The van der Waals surface area contributed by atoms with E-state index in [4.69, 9.17) is 16.3 Å². The highest BCUT2D eigenvalue weighted by molar-refractivity contribution is 6.30. The number of pyridine rings is 1. The number of fused-ring (bicyclic) bond motifs is 2. The molecule has 2 aliphatic carbocycles. The Bertz CT molecular complexity index is 1460. The Balaban J connectivity index is 1.56. The van der Waals surface area contributed by atoms with Crippen molar-refractivity contribution in [2.75, 3.05) is 6.61 Å². The number of esters is 1. The fourth-order valence-corrected chi connectivity index (χ4v) is 6.65. The molecule has 7 nitrogen and oxygen atoms in total. The molecule has 44 heavy (non-hydrogen) atoms. The highest BCUT2D eigenvalue weighted by atomic mass is 35.5. The van der Waals surface area contributed by atoms with Crippen LogP contribution in [0.25, 0.3) is 0 Å². The Hall–Kier alpha value is -3.86. The molecule has 2 fully saturated rings. The summed E-state index contributed by atoms with van der Waals surface area (Å²) >= 11 is 6.14. The van der Waals surface area contributed by atoms with Gasteiger partial charge in [0.2, 0.25) is 0 Å². The third-order valence-corrected chi connectivity index (χ3v) is 8.63. The van der Waals surface area contributed by atoms with Crippen molar-refractivity contribution in [2.24, 2.45) is 17.8 Å². The first-order chi connectivity index (χ1) is 21.0. The van der Waals surface area contributed by atoms with Gasteiger partial charge in [-0.25, -0.2) is 4.79 Å². The van der Waals surface area contributed by atoms with Crippen LogP contribution in [0.15, 0.2) is 72.9 Å². The van der Waals surface area contributed by atoms with E-state index < -0.39 is 41.8 Å². The minimum atomic E-state index is -4.74. The van der Waals surface area contributed by atoms with Crippen LogP contribution in [0.5, 0.6) is 5.75 Å². The predicted octanol–water partition coefficient (Wildman–Crippen LogP) is 6.74. The molecule has 0 unspecified atom stereocenters. The topological polar surface area (TPSA) is 89.5 Å². The molecule has 0 aliphatic heterocycles. The smallest absolute Gasteiger partial charge is 0.461 e. The molecule has 2 N–H and O–H groups in total. The minimum absolute atomic E-state index is 0.0859. The molecule has 2 saturated carbocycles. The van der Waals surface area contributed by atoms with Crippen LogP contribution >= 0.6 is 11.6 Å². The maximum absolute atomic E-state index is 13.9. The molecule has 2 aliphatic rings. The second-order valence-corrected chi connectivity index (χ2v) is 11.6. The normalized spacial score (nSPS) is 22.3. The van der Waals surface area contributed by atoms with Gasteiger partial charge in [-0.05, 0) is 73.4 Å². The van der Waals surface area contributed by atoms with Crippen LogP contribution in [-0.2, 0) is 21.5 Å². The van der Waals surface area contributed by atoms with Gasteiger partial charge in [0, 0.05) is 18.7 Å². The summed E-state index contributed by atoms with van der Waals surface area (Å²) in [5.41, 5.74) is -0.234. The van der Waals surface area contributed by atoms with E-state index in [0.29, 0.717) is 10.7 Å². The van der Waals surface area contributed by atoms with E-state index in [-0.39, 0.29) is 36.4 Å². The molecule has 2 bridgehead atoms. The first-order valence-electron chi connectivity index (χ1n) is 14.4. The quantitative estimate of drug-likeness (QED) is 0.180. The number of benzene rings is 2. The van der Waals surface area contributed by atoms with Crippen molar-refractivity contribution in [3.05, 3.63) is 94.8 Å². The number of amides is 2. The fraction of sp³-hybridized carbons (Fsp3) is 0.406. The lowest BCUT2D eigenvalue weighted by Crippen LogP contribution is -2.57. The van der Waals surface area contributed by atoms with Crippen molar-refractivity contribution >= 4 is 23.6 Å². The van der Waals surface area contributed by atoms with Crippen LogP contribution < -0.4 is 15.4 Å². The number of hydrogen-bond acceptors (Lipinski definition) is 5. The van der Waals surface area contributed by atoms with E-state index in [9.17, 15) is 27.2 Å². The largest absolute Gasteiger partial charge is 0.466 e. The van der Waals surface area contributed by atoms with E-state index in [2.05, 4.69) is 20.4 Å². The maximum atomic E-state index is 13.9. The van der Waals surface area contributed by atoms with Gasteiger partial charge in [0.05, 0.1) is 23.2 Å². The Labute approximate surface area is 257 Å². The number of alkyl halides is 4. The fourth-order valence-electron chi connectivity index (χ4n) is 6.54. The lowest BCUT2D eigenvalue weighted by atomic mass is 9.80. The third kappa shape index (κ3) is 6.62. The van der Waals surface area contributed by atoms with Gasteiger partial charge in [0.1, 0.15) is 11.3 Å². The number of aromatic nitrogens is 1. The summed E-state index contributed by atoms with van der Waals surface area (Å²) in [6, 6.07) is 16.4. The Morgan fingerprint density at radius 2 is 1.80 bits per heavy atom. The number of rotatable bonds is 11. The molecular weight excluding hydrogens is 602 g/mol. The summed E-state index contributed by atoms with van der Waals surface area (Å²) in [5, 5.41) is 6.35. The summed E-state index contributed by atoms with van der Waals surface area (Å²) < 4.78 is 63.6. The Morgan fingerprint density at radius 1 is 1.05 bits per heavy atom. The van der Waals surface area contributed by atoms with Gasteiger partial charge in [-0.15, -0.1) is 0 Å². The average molecular weight is 634 g/mol. The standard InChI is InChI=1S/C32H32ClF4N3O4/c1-2-43-28(41)26-20-11-12-21(15-20)27(26)39-30(42)40-31(17-19-7-4-3-5-8-19,25-14-13-23(33)18-38-25)22-9-6-10-24(16-22)44-32(36,37)29(34)35/h3-10,13-14,16,18,20-21,26-27,29H,2,11-12,15,17H2,1H3,(H2,39,40,42)/t20-,21+,26+,27-,31-/m0/s1. The van der Waals surface area contributed by atoms with Crippen LogP contribution in [0.4, 0.5) is 22.4 Å². The molecule has 234 valence electrons. The second-order valence-electron chi connectivity index (χ2n) is 11.2. The van der Waals surface area contributed by atoms with E-state index in [1.54, 1.807) is 37.3 Å². The molecule has 1 heterocycles. The molecule has 0 saturated heterocycles. The molecule has 2 amide bonds. The van der Waals surface area contributed by atoms with Crippen LogP contribution in [0, 0.1) is 17.8 Å². The number of urea groups is 1. The number of ether oxygens (including phenoxy) is 2. The second kappa shape index (κ2) is 13.0. The van der Waals surface area contributed by atoms with Crippen molar-refractivity contribution in [1.82, 2.24) is 15.6 Å². The SMILES string of the molecule is CCOC(=O)[C@@H]1[C@H]2CC[C@H](C2)[C@@H]1NC(=O)N[C@@](Cc1ccccc1)(c1cccc(OC(F)(F)C(F)F)c1)c1ccc(Cl)cn1. The minimum Gasteiger partial charge on any atom is -0.466 e. The van der Waals surface area contributed by atoms with Crippen molar-refractivity contribution in [3.8, 4) is 5.75 Å². The zero-order chi connectivity index (χ0) is 31.5. The third-order valence-electron chi connectivity index (χ3n) is 8.41. The maximum Gasteiger partial charge on any atom is 0.461 e. The molecule has 5 atom stereocenters. The van der Waals surface area contributed by atoms with Crippen LogP contribution in [0.3, 0.4) is 0 Å². The summed E-state index contributed by atoms with van der Waals surface area (Å²) in [7, 11) is 0. The van der Waals surface area contributed by atoms with Crippen LogP contribution in [0.1, 0.15) is 43.0 Å². The molecule has 1 aromatic heterocycles. The zero-order valence-electron chi connectivity index (χ0n) is 23.8. The Morgan fingerprint density at radius 3 is 2.48 bits per heavy atom. The van der Waals surface area contributed by atoms with Crippen molar-refractivity contribution in [3.63, 3.8) is 0 Å². The van der Waals surface area contributed by atoms with E-state index in [1.165, 1.54) is 18.3 Å². The van der Waals surface area contributed by atoms with E-state index >= 15 is 0 Å². The molecular formula is C32H32ClF4N3O4. The summed E-state index contributed by atoms with van der Waals surface area (Å²) in [6.07, 6.45) is -4.81. The lowest BCUT2D eigenvalue weighted by molar-refractivity contribution is -0.253. The predicted molar refractivity (Wildman–Crippen MR) is 155 cm³/mol. The molecule has 2 aromatic carbocycles. The number of halogens is 5. The molecule has 3 aromatic rings. The highest BCUT2D eigenvalue weighted by Crippen LogP contribution is 2.49. The van der Waals surface area contributed by atoms with E-state index in [0.717, 1.165) is 30.9 Å². The molecule has 12 heteroatoms. The van der Waals surface area contributed by atoms with Crippen molar-refractivity contribution < 1.29 is 36.6 Å². The van der Waals surface area contributed by atoms with Crippen LogP contribution in [-0.4, -0.2) is 42.2 Å². The number of carbonyl (C=O) groups excluding carboxylic acids is 2. The van der Waals surface area contributed by atoms with E-state index in [1.807, 2.05) is 18.2 Å². The van der Waals surface area contributed by atoms with Gasteiger partial charge in [-0.2, -0.15) is 17.6 Å². The first-order valence-corrected chi connectivity index (χ1v) is 14.8. The van der Waals surface area contributed by atoms with Gasteiger partial charge in [0.15, 0.2) is 0 Å². The summed E-state index contributed by atoms with van der Waals surface area (Å²) in [6.45, 7) is 1.95. The zero-order valence-corrected chi connectivity index (χ0v) is 24.6. The molecule has 0 radical (unpaired) electrons. The lowest BCUT2D eigenvalue weighted by Gasteiger charge is -2.37. The van der Waals surface area contributed by atoms with Crippen LogP contribution in [0.2, 0.25) is 5.02 Å². The number of carbonyl (C=O) groups is 2. The highest BCUT2D eigenvalue weighted by Gasteiger charge is 2.52. The van der Waals surface area contributed by atoms with Gasteiger partial charge in [-0.3, -0.25) is 9.78 Å². The van der Waals surface area contributed by atoms with Gasteiger partial charge >= 0.3 is 24.5 Å². The van der Waals surface area contributed by atoms with Gasteiger partial charge in [0.25, 0.3) is 0 Å². The monoisotopic (exact) mass is 633 g/mol. The first kappa shape index (κ1) is 31.6. The molecule has 0 spiro atoms. The van der Waals surface area contributed by atoms with Gasteiger partial charge < -0.3 is 20.1 Å². The number of hydrogen-bond donors (Lipinski definition) is 2. The summed E-state index contributed by atoms with van der Waals surface area (Å²) in [4.78, 5) is 31.3. The van der Waals surface area contributed by atoms with Crippen molar-refractivity contribution in [2.45, 2.75) is 56.7 Å². The summed E-state index contributed by atoms with van der Waals surface area (Å²) in [5.74, 6) is -1.20. The Kier molecular flexibility index (Phi) is 9.34. The van der Waals surface area contributed by atoms with Crippen molar-refractivity contribution in [1.29, 1.82) is 0 Å². The number of nitrogens with zero attached hydrogens (tertiary/aromatic N) is 1. The average Bonchev–Trinajstić information content (AvgIpc) is 3.60. The number of nitrogens with one attached hydrogen (secondary N) is 2.